The van der Waals surface area contributed by atoms with Gasteiger partial charge in [-0.1, -0.05) is 18.2 Å². The highest BCUT2D eigenvalue weighted by Gasteiger charge is 2.28. The molecule has 0 heterocycles. The molecule has 3 heteroatoms. The minimum atomic E-state index is 0.110. The van der Waals surface area contributed by atoms with Gasteiger partial charge < -0.3 is 10.0 Å². The first-order valence-electron chi connectivity index (χ1n) is 6.64. The largest absolute Gasteiger partial charge is 0.508 e. The number of amides is 1. The third-order valence-electron chi connectivity index (χ3n) is 3.43. The fourth-order valence-electron chi connectivity index (χ4n) is 2.10. The Morgan fingerprint density at radius 3 is 2.61 bits per heavy atom. The van der Waals surface area contributed by atoms with Crippen molar-refractivity contribution in [3.8, 4) is 5.75 Å². The molecule has 1 fully saturated rings. The van der Waals surface area contributed by atoms with Gasteiger partial charge in [0.25, 0.3) is 0 Å². The average molecular weight is 247 g/mol. The van der Waals surface area contributed by atoms with E-state index in [1.165, 1.54) is 12.8 Å². The van der Waals surface area contributed by atoms with Gasteiger partial charge in [-0.25, -0.2) is 0 Å². The number of phenolic OH excluding ortho intramolecular Hbond substituents is 1. The van der Waals surface area contributed by atoms with Crippen LogP contribution in [-0.2, 0) is 11.2 Å². The maximum absolute atomic E-state index is 12.3. The minimum absolute atomic E-state index is 0.110. The molecule has 0 atom stereocenters. The van der Waals surface area contributed by atoms with E-state index in [2.05, 4.69) is 0 Å². The molecule has 0 aromatic heterocycles. The third-order valence-corrected chi connectivity index (χ3v) is 3.43. The molecule has 1 amide bonds. The van der Waals surface area contributed by atoms with E-state index in [-0.39, 0.29) is 24.1 Å². The quantitative estimate of drug-likeness (QED) is 0.868. The van der Waals surface area contributed by atoms with Crippen LogP contribution in [0, 0.1) is 5.92 Å². The molecule has 2 rings (SSSR count). The lowest BCUT2D eigenvalue weighted by Gasteiger charge is -2.27. The van der Waals surface area contributed by atoms with E-state index in [4.69, 9.17) is 0 Å². The van der Waals surface area contributed by atoms with Crippen molar-refractivity contribution in [2.24, 2.45) is 5.92 Å². The van der Waals surface area contributed by atoms with Crippen LogP contribution in [0.3, 0.4) is 0 Å². The predicted octanol–water partition coefficient (Wildman–Crippen LogP) is 2.58. The van der Waals surface area contributed by atoms with E-state index in [9.17, 15) is 9.90 Å². The number of hydrogen-bond donors (Lipinski definition) is 1. The minimum Gasteiger partial charge on any atom is -0.508 e. The molecule has 18 heavy (non-hydrogen) atoms. The van der Waals surface area contributed by atoms with Gasteiger partial charge in [-0.2, -0.15) is 0 Å². The fourth-order valence-corrected chi connectivity index (χ4v) is 2.10. The topological polar surface area (TPSA) is 40.5 Å². The van der Waals surface area contributed by atoms with Gasteiger partial charge >= 0.3 is 0 Å². The van der Waals surface area contributed by atoms with E-state index in [0.29, 0.717) is 11.5 Å². The van der Waals surface area contributed by atoms with Crippen LogP contribution < -0.4 is 0 Å². The highest BCUT2D eigenvalue weighted by atomic mass is 16.3. The van der Waals surface area contributed by atoms with Crippen LogP contribution in [0.4, 0.5) is 0 Å². The zero-order valence-corrected chi connectivity index (χ0v) is 11.1. The molecule has 0 unspecified atom stereocenters. The predicted molar refractivity (Wildman–Crippen MR) is 71.4 cm³/mol. The Bertz CT molecular complexity index is 424. The number of rotatable bonds is 5. The first-order valence-corrected chi connectivity index (χ1v) is 6.64. The zero-order valence-electron chi connectivity index (χ0n) is 11.1. The van der Waals surface area contributed by atoms with Gasteiger partial charge in [-0.05, 0) is 38.7 Å². The summed E-state index contributed by atoms with van der Waals surface area (Å²) in [6, 6.07) is 7.28. The molecular formula is C15H21NO2. The Morgan fingerprint density at radius 2 is 2.06 bits per heavy atom. The third kappa shape index (κ3) is 3.25. The first kappa shape index (κ1) is 12.9. The van der Waals surface area contributed by atoms with Crippen molar-refractivity contribution in [1.29, 1.82) is 0 Å². The van der Waals surface area contributed by atoms with Gasteiger partial charge in [0.15, 0.2) is 0 Å². The second kappa shape index (κ2) is 5.42. The molecule has 1 aliphatic rings. The van der Waals surface area contributed by atoms with Gasteiger partial charge in [0.2, 0.25) is 5.91 Å². The van der Waals surface area contributed by atoms with Crippen molar-refractivity contribution < 1.29 is 9.90 Å². The van der Waals surface area contributed by atoms with Crippen LogP contribution in [0.5, 0.6) is 5.75 Å². The summed E-state index contributed by atoms with van der Waals surface area (Å²) in [4.78, 5) is 14.2. The summed E-state index contributed by atoms with van der Waals surface area (Å²) >= 11 is 0. The van der Waals surface area contributed by atoms with E-state index in [0.717, 1.165) is 6.54 Å². The van der Waals surface area contributed by atoms with Crippen molar-refractivity contribution >= 4 is 5.91 Å². The number of carbonyl (C=O) groups excluding carboxylic acids is 1. The summed E-state index contributed by atoms with van der Waals surface area (Å²) < 4.78 is 0. The summed E-state index contributed by atoms with van der Waals surface area (Å²) in [6.45, 7) is 4.96. The van der Waals surface area contributed by atoms with Gasteiger partial charge in [-0.15, -0.1) is 0 Å². The molecule has 98 valence electrons. The summed E-state index contributed by atoms with van der Waals surface area (Å²) in [5.41, 5.74) is 0.712. The van der Waals surface area contributed by atoms with E-state index < -0.39 is 0 Å². The lowest BCUT2D eigenvalue weighted by Crippen LogP contribution is -2.39. The van der Waals surface area contributed by atoms with Crippen LogP contribution >= 0.6 is 0 Å². The van der Waals surface area contributed by atoms with Crippen LogP contribution in [0.25, 0.3) is 0 Å². The van der Waals surface area contributed by atoms with E-state index in [1.807, 2.05) is 30.9 Å². The number of para-hydroxylation sites is 1. The number of nitrogens with zero attached hydrogens (tertiary/aromatic N) is 1. The van der Waals surface area contributed by atoms with Gasteiger partial charge in [0, 0.05) is 18.2 Å². The normalized spacial score (nSPS) is 14.8. The lowest BCUT2D eigenvalue weighted by molar-refractivity contribution is -0.132. The Labute approximate surface area is 108 Å². The smallest absolute Gasteiger partial charge is 0.227 e. The number of aromatic hydroxyl groups is 1. The maximum Gasteiger partial charge on any atom is 0.227 e. The van der Waals surface area contributed by atoms with E-state index >= 15 is 0 Å². The molecule has 1 saturated carbocycles. The molecule has 0 radical (unpaired) electrons. The van der Waals surface area contributed by atoms with E-state index in [1.54, 1.807) is 12.1 Å². The van der Waals surface area contributed by atoms with Gasteiger partial charge in [0.05, 0.1) is 6.42 Å². The molecule has 0 spiro atoms. The zero-order chi connectivity index (χ0) is 13.1. The SMILES string of the molecule is CC(C)N(CC1CC1)C(=O)Cc1ccccc1O. The molecule has 0 bridgehead atoms. The highest BCUT2D eigenvalue weighted by molar-refractivity contribution is 5.79. The molecule has 1 aromatic carbocycles. The average Bonchev–Trinajstić information content (AvgIpc) is 3.12. The molecular weight excluding hydrogens is 226 g/mol. The van der Waals surface area contributed by atoms with Crippen molar-refractivity contribution in [1.82, 2.24) is 4.90 Å². The van der Waals surface area contributed by atoms with Crippen molar-refractivity contribution in [3.05, 3.63) is 29.8 Å². The number of carbonyl (C=O) groups is 1. The Kier molecular flexibility index (Phi) is 3.90. The Hall–Kier alpha value is -1.51. The van der Waals surface area contributed by atoms with Crippen LogP contribution in [0.15, 0.2) is 24.3 Å². The highest BCUT2D eigenvalue weighted by Crippen LogP contribution is 2.30. The second-order valence-corrected chi connectivity index (χ2v) is 5.39. The van der Waals surface area contributed by atoms with Crippen molar-refractivity contribution in [2.75, 3.05) is 6.54 Å². The van der Waals surface area contributed by atoms with Gasteiger partial charge in [-0.3, -0.25) is 4.79 Å². The molecule has 3 nitrogen and oxygen atoms in total. The molecule has 1 aromatic rings. The number of phenols is 1. The second-order valence-electron chi connectivity index (χ2n) is 5.39. The van der Waals surface area contributed by atoms with Crippen molar-refractivity contribution in [3.63, 3.8) is 0 Å². The first-order chi connectivity index (χ1) is 8.58. The fraction of sp³-hybridized carbons (Fsp3) is 0.533. The molecule has 1 N–H and O–H groups in total. The number of hydrogen-bond acceptors (Lipinski definition) is 2. The lowest BCUT2D eigenvalue weighted by atomic mass is 10.1. The van der Waals surface area contributed by atoms with Gasteiger partial charge in [0.1, 0.15) is 5.75 Å². The Balaban J connectivity index is 2.02. The molecule has 0 saturated heterocycles. The van der Waals surface area contributed by atoms with Crippen molar-refractivity contribution in [2.45, 2.75) is 39.2 Å². The molecule has 1 aliphatic carbocycles. The standard InChI is InChI=1S/C15H21NO2/c1-11(2)16(10-12-7-8-12)15(18)9-13-5-3-4-6-14(13)17/h3-6,11-12,17H,7-10H2,1-2H3. The monoisotopic (exact) mass is 247 g/mol. The maximum atomic E-state index is 12.3. The summed E-state index contributed by atoms with van der Waals surface area (Å²) in [5, 5.41) is 9.70. The molecule has 0 aliphatic heterocycles. The summed E-state index contributed by atoms with van der Waals surface area (Å²) in [6.07, 6.45) is 2.78. The summed E-state index contributed by atoms with van der Waals surface area (Å²) in [5.74, 6) is 1.01. The Morgan fingerprint density at radius 1 is 1.39 bits per heavy atom. The van der Waals surface area contributed by atoms with Crippen LogP contribution in [-0.4, -0.2) is 28.5 Å². The summed E-state index contributed by atoms with van der Waals surface area (Å²) in [7, 11) is 0. The number of benzene rings is 1. The van der Waals surface area contributed by atoms with Crippen LogP contribution in [0.1, 0.15) is 32.3 Å². The van der Waals surface area contributed by atoms with Crippen LogP contribution in [0.2, 0.25) is 0 Å².